The molecule has 1 aromatic carbocycles. The molecule has 0 aliphatic rings. The highest BCUT2D eigenvalue weighted by atomic mass is 19.4. The second kappa shape index (κ2) is 3.59. The second-order valence-electron chi connectivity index (χ2n) is 2.99. The van der Waals surface area contributed by atoms with Gasteiger partial charge in [0.05, 0.1) is 0 Å². The SMILES string of the molecule is Cc1ccc(C(F)F)cc1[B-](F)(F)F. The summed E-state index contributed by atoms with van der Waals surface area (Å²) < 4.78 is 61.1. The van der Waals surface area contributed by atoms with E-state index in [1.807, 2.05) is 0 Å². The predicted octanol–water partition coefficient (Wildman–Crippen LogP) is 2.99. The first-order valence-electron chi connectivity index (χ1n) is 3.91. The van der Waals surface area contributed by atoms with Crippen LogP contribution >= 0.6 is 0 Å². The smallest absolute Gasteiger partial charge is 0.445 e. The van der Waals surface area contributed by atoms with Crippen molar-refractivity contribution in [3.63, 3.8) is 0 Å². The lowest BCUT2D eigenvalue weighted by atomic mass is 9.76. The lowest BCUT2D eigenvalue weighted by molar-refractivity contribution is 0.151. The third-order valence-electron chi connectivity index (χ3n) is 1.91. The fourth-order valence-corrected chi connectivity index (χ4v) is 1.15. The van der Waals surface area contributed by atoms with Crippen LogP contribution in [0.2, 0.25) is 0 Å². The Bertz CT molecular complexity index is 331. The first-order valence-corrected chi connectivity index (χ1v) is 3.91. The zero-order chi connectivity index (χ0) is 10.9. The summed E-state index contributed by atoms with van der Waals surface area (Å²) in [6.07, 6.45) is -2.87. The van der Waals surface area contributed by atoms with Crippen molar-refractivity contribution in [2.24, 2.45) is 0 Å². The average Bonchev–Trinajstić information content (AvgIpc) is 2.02. The second-order valence-corrected chi connectivity index (χ2v) is 2.99. The van der Waals surface area contributed by atoms with Gasteiger partial charge in [0.25, 0.3) is 6.43 Å². The van der Waals surface area contributed by atoms with Crippen LogP contribution in [0.5, 0.6) is 0 Å². The molecule has 0 heterocycles. The molecule has 0 radical (unpaired) electrons. The minimum absolute atomic E-state index is 0.0260. The molecule has 0 fully saturated rings. The number of aryl methyl sites for hydroxylation is 1. The zero-order valence-electron chi connectivity index (χ0n) is 7.28. The van der Waals surface area contributed by atoms with Crippen LogP contribution in [-0.4, -0.2) is 6.98 Å². The first kappa shape index (κ1) is 11.0. The average molecular weight is 209 g/mol. The molecular formula is C8H7BF5-. The summed E-state index contributed by atoms with van der Waals surface area (Å²) in [6.45, 7) is -3.96. The maximum atomic E-state index is 12.3. The number of benzene rings is 1. The molecule has 0 saturated carbocycles. The van der Waals surface area contributed by atoms with Crippen molar-refractivity contribution >= 4 is 12.4 Å². The molecule has 0 aliphatic heterocycles. The van der Waals surface area contributed by atoms with Crippen LogP contribution in [0.25, 0.3) is 0 Å². The first-order chi connectivity index (χ1) is 6.32. The quantitative estimate of drug-likeness (QED) is 0.518. The number of rotatable bonds is 2. The van der Waals surface area contributed by atoms with Gasteiger partial charge < -0.3 is 12.9 Å². The van der Waals surface area contributed by atoms with E-state index < -0.39 is 24.4 Å². The maximum Gasteiger partial charge on any atom is 0.509 e. The summed E-state index contributed by atoms with van der Waals surface area (Å²) in [5.74, 6) is 0. The monoisotopic (exact) mass is 209 g/mol. The number of hydrogen-bond acceptors (Lipinski definition) is 0. The lowest BCUT2D eigenvalue weighted by Crippen LogP contribution is -2.36. The van der Waals surface area contributed by atoms with Crippen LogP contribution in [0.15, 0.2) is 18.2 Å². The molecule has 0 aromatic heterocycles. The van der Waals surface area contributed by atoms with Gasteiger partial charge in [0, 0.05) is 5.56 Å². The van der Waals surface area contributed by atoms with Crippen molar-refractivity contribution in [3.8, 4) is 0 Å². The van der Waals surface area contributed by atoms with E-state index >= 15 is 0 Å². The van der Waals surface area contributed by atoms with Gasteiger partial charge in [-0.2, -0.15) is 0 Å². The highest BCUT2D eigenvalue weighted by molar-refractivity contribution is 6.74. The van der Waals surface area contributed by atoms with E-state index in [0.717, 1.165) is 12.1 Å². The van der Waals surface area contributed by atoms with E-state index in [9.17, 15) is 21.7 Å². The van der Waals surface area contributed by atoms with Gasteiger partial charge in [0.15, 0.2) is 0 Å². The van der Waals surface area contributed by atoms with Gasteiger partial charge in [-0.25, -0.2) is 8.78 Å². The molecule has 0 nitrogen and oxygen atoms in total. The Morgan fingerprint density at radius 1 is 1.14 bits per heavy atom. The molecule has 14 heavy (non-hydrogen) atoms. The number of alkyl halides is 2. The van der Waals surface area contributed by atoms with Crippen LogP contribution in [0.3, 0.4) is 0 Å². The third kappa shape index (κ3) is 2.24. The highest BCUT2D eigenvalue weighted by Crippen LogP contribution is 2.20. The van der Waals surface area contributed by atoms with Crippen molar-refractivity contribution in [2.45, 2.75) is 13.3 Å². The fourth-order valence-electron chi connectivity index (χ4n) is 1.15. The number of halogens is 5. The molecule has 6 heteroatoms. The molecule has 0 saturated heterocycles. The van der Waals surface area contributed by atoms with E-state index in [1.165, 1.54) is 6.92 Å². The van der Waals surface area contributed by atoms with Gasteiger partial charge in [-0.1, -0.05) is 23.8 Å². The fraction of sp³-hybridized carbons (Fsp3) is 0.250. The summed E-state index contributed by atoms with van der Waals surface area (Å²) in [5.41, 5.74) is -1.56. The van der Waals surface area contributed by atoms with Crippen molar-refractivity contribution in [2.75, 3.05) is 0 Å². The maximum absolute atomic E-state index is 12.3. The lowest BCUT2D eigenvalue weighted by Gasteiger charge is -2.18. The molecule has 0 amide bonds. The molecule has 0 atom stereocenters. The van der Waals surface area contributed by atoms with Gasteiger partial charge in [-0.05, 0) is 6.92 Å². The summed E-state index contributed by atoms with van der Waals surface area (Å²) in [4.78, 5) is 0. The Hall–Kier alpha value is -1.07. The molecule has 1 rings (SSSR count). The Morgan fingerprint density at radius 2 is 1.71 bits per heavy atom. The van der Waals surface area contributed by atoms with Crippen molar-refractivity contribution in [1.29, 1.82) is 0 Å². The van der Waals surface area contributed by atoms with Gasteiger partial charge >= 0.3 is 6.98 Å². The van der Waals surface area contributed by atoms with E-state index in [-0.39, 0.29) is 5.56 Å². The summed E-state index contributed by atoms with van der Waals surface area (Å²) in [7, 11) is 0. The van der Waals surface area contributed by atoms with Gasteiger partial charge in [0.1, 0.15) is 0 Å². The van der Waals surface area contributed by atoms with Gasteiger partial charge in [-0.15, -0.1) is 5.46 Å². The topological polar surface area (TPSA) is 0 Å². The molecule has 1 aromatic rings. The van der Waals surface area contributed by atoms with Crippen LogP contribution < -0.4 is 5.46 Å². The molecule has 0 N–H and O–H groups in total. The van der Waals surface area contributed by atoms with E-state index in [4.69, 9.17) is 0 Å². The van der Waals surface area contributed by atoms with Crippen molar-refractivity contribution in [1.82, 2.24) is 0 Å². The van der Waals surface area contributed by atoms with Crippen molar-refractivity contribution < 1.29 is 21.7 Å². The van der Waals surface area contributed by atoms with Gasteiger partial charge in [-0.3, -0.25) is 0 Å². The molecular weight excluding hydrogens is 202 g/mol. The van der Waals surface area contributed by atoms with Crippen LogP contribution in [0, 0.1) is 6.92 Å². The Balaban J connectivity index is 3.22. The zero-order valence-corrected chi connectivity index (χ0v) is 7.28. The molecule has 0 unspecified atom stereocenters. The highest BCUT2D eigenvalue weighted by Gasteiger charge is 2.28. The van der Waals surface area contributed by atoms with Crippen molar-refractivity contribution in [3.05, 3.63) is 29.3 Å². The molecule has 0 aliphatic carbocycles. The minimum atomic E-state index is -5.21. The Morgan fingerprint density at radius 3 is 2.14 bits per heavy atom. The molecule has 78 valence electrons. The summed E-state index contributed by atoms with van der Waals surface area (Å²) in [5, 5.41) is 0. The molecule has 0 bridgehead atoms. The Kier molecular flexibility index (Phi) is 2.82. The Labute approximate surface area is 77.8 Å². The minimum Gasteiger partial charge on any atom is -0.445 e. The third-order valence-corrected chi connectivity index (χ3v) is 1.91. The van der Waals surface area contributed by atoms with Crippen LogP contribution in [0.1, 0.15) is 17.6 Å². The van der Waals surface area contributed by atoms with Gasteiger partial charge in [0.2, 0.25) is 0 Å². The van der Waals surface area contributed by atoms with E-state index in [0.29, 0.717) is 6.07 Å². The standard InChI is InChI=1S/C8H7BF5/c1-5-2-3-6(8(10)11)4-7(5)9(12,13)14/h2-4,8H,1H3/q-1. The largest absolute Gasteiger partial charge is 0.509 e. The predicted molar refractivity (Wildman–Crippen MR) is 44.8 cm³/mol. The summed E-state index contributed by atoms with van der Waals surface area (Å²) in [6, 6.07) is 2.58. The normalized spacial score (nSPS) is 12.2. The molecule has 0 spiro atoms. The van der Waals surface area contributed by atoms with Crippen LogP contribution in [-0.2, 0) is 0 Å². The van der Waals surface area contributed by atoms with E-state index in [2.05, 4.69) is 0 Å². The number of hydrogen-bond donors (Lipinski definition) is 0. The summed E-state index contributed by atoms with van der Waals surface area (Å²) >= 11 is 0. The van der Waals surface area contributed by atoms with E-state index in [1.54, 1.807) is 0 Å². The van der Waals surface area contributed by atoms with Crippen LogP contribution in [0.4, 0.5) is 21.7 Å².